The van der Waals surface area contributed by atoms with E-state index in [1.165, 1.54) is 21.5 Å². The van der Waals surface area contributed by atoms with Crippen LogP contribution in [0, 0.1) is 13.8 Å². The summed E-state index contributed by atoms with van der Waals surface area (Å²) in [5.74, 6) is 0.906. The van der Waals surface area contributed by atoms with Crippen LogP contribution in [0.3, 0.4) is 0 Å². The first-order valence-electron chi connectivity index (χ1n) is 6.07. The Morgan fingerprint density at radius 2 is 2.11 bits per heavy atom. The van der Waals surface area contributed by atoms with Gasteiger partial charge in [0, 0.05) is 6.54 Å². The summed E-state index contributed by atoms with van der Waals surface area (Å²) < 4.78 is 0. The van der Waals surface area contributed by atoms with E-state index in [4.69, 9.17) is 0 Å². The molecule has 1 atom stereocenters. The van der Waals surface area contributed by atoms with Crippen molar-refractivity contribution in [3.05, 3.63) is 40.7 Å². The van der Waals surface area contributed by atoms with Crippen LogP contribution < -0.4 is 5.32 Å². The Balaban J connectivity index is 2.41. The van der Waals surface area contributed by atoms with Crippen molar-refractivity contribution in [3.63, 3.8) is 0 Å². The van der Waals surface area contributed by atoms with Crippen molar-refractivity contribution in [3.8, 4) is 0 Å². The normalized spacial score (nSPS) is 12.7. The lowest BCUT2D eigenvalue weighted by molar-refractivity contribution is 0.619. The standard InChI is InChI=1S/C13H19N5/c1-9-5-6-11(10(2)7-9)12(8-14-3)13-15-17-18(4)16-13/h5-7,12,14H,8H2,1-4H3. The zero-order valence-electron chi connectivity index (χ0n) is 11.3. The van der Waals surface area contributed by atoms with Crippen LogP contribution in [0.5, 0.6) is 0 Å². The van der Waals surface area contributed by atoms with E-state index in [-0.39, 0.29) is 5.92 Å². The predicted molar refractivity (Wildman–Crippen MR) is 70.5 cm³/mol. The van der Waals surface area contributed by atoms with Gasteiger partial charge in [-0.3, -0.25) is 0 Å². The van der Waals surface area contributed by atoms with Crippen molar-refractivity contribution in [2.45, 2.75) is 19.8 Å². The Morgan fingerprint density at radius 3 is 2.67 bits per heavy atom. The summed E-state index contributed by atoms with van der Waals surface area (Å²) in [6.07, 6.45) is 0. The van der Waals surface area contributed by atoms with Crippen LogP contribution in [0.1, 0.15) is 28.4 Å². The molecule has 96 valence electrons. The van der Waals surface area contributed by atoms with Gasteiger partial charge in [0.1, 0.15) is 0 Å². The van der Waals surface area contributed by atoms with Gasteiger partial charge in [-0.2, -0.15) is 4.80 Å². The molecule has 0 bridgehead atoms. The van der Waals surface area contributed by atoms with Gasteiger partial charge < -0.3 is 5.32 Å². The Bertz CT molecular complexity index is 532. The zero-order valence-corrected chi connectivity index (χ0v) is 11.3. The zero-order chi connectivity index (χ0) is 13.1. The average molecular weight is 245 g/mol. The van der Waals surface area contributed by atoms with Gasteiger partial charge in [0.15, 0.2) is 5.82 Å². The van der Waals surface area contributed by atoms with Crippen LogP contribution in [0.15, 0.2) is 18.2 Å². The van der Waals surface area contributed by atoms with Crippen molar-refractivity contribution in [2.24, 2.45) is 7.05 Å². The highest BCUT2D eigenvalue weighted by Crippen LogP contribution is 2.24. The highest BCUT2D eigenvalue weighted by atomic mass is 15.6. The molecule has 0 spiro atoms. The molecular weight excluding hydrogens is 226 g/mol. The Labute approximate surface area is 107 Å². The second kappa shape index (κ2) is 5.27. The topological polar surface area (TPSA) is 55.6 Å². The molecule has 5 heteroatoms. The highest BCUT2D eigenvalue weighted by molar-refractivity contribution is 5.36. The molecule has 1 aromatic carbocycles. The maximum absolute atomic E-state index is 4.32. The molecule has 2 aromatic rings. The summed E-state index contributed by atoms with van der Waals surface area (Å²) in [5.41, 5.74) is 3.79. The third-order valence-corrected chi connectivity index (χ3v) is 3.04. The number of aromatic nitrogens is 4. The van der Waals surface area contributed by atoms with Crippen molar-refractivity contribution in [1.29, 1.82) is 0 Å². The number of likely N-dealkylation sites (N-methyl/N-ethyl adjacent to an activating group) is 1. The average Bonchev–Trinajstić information content (AvgIpc) is 2.73. The van der Waals surface area contributed by atoms with Gasteiger partial charge in [0.25, 0.3) is 0 Å². The van der Waals surface area contributed by atoms with E-state index in [9.17, 15) is 0 Å². The molecule has 5 nitrogen and oxygen atoms in total. The van der Waals surface area contributed by atoms with Crippen LogP contribution in [-0.4, -0.2) is 33.8 Å². The molecule has 0 fully saturated rings. The molecular formula is C13H19N5. The summed E-state index contributed by atoms with van der Waals surface area (Å²) in [4.78, 5) is 1.50. The largest absolute Gasteiger partial charge is 0.319 e. The Kier molecular flexibility index (Phi) is 3.72. The molecule has 1 aromatic heterocycles. The van der Waals surface area contributed by atoms with E-state index in [1.807, 2.05) is 7.05 Å². The third kappa shape index (κ3) is 2.56. The minimum Gasteiger partial charge on any atom is -0.319 e. The maximum atomic E-state index is 4.32. The molecule has 0 aliphatic carbocycles. The number of rotatable bonds is 4. The summed E-state index contributed by atoms with van der Waals surface area (Å²) in [7, 11) is 3.72. The fraction of sp³-hybridized carbons (Fsp3) is 0.462. The third-order valence-electron chi connectivity index (χ3n) is 3.04. The van der Waals surface area contributed by atoms with Gasteiger partial charge in [-0.15, -0.1) is 10.2 Å². The van der Waals surface area contributed by atoms with Crippen molar-refractivity contribution >= 4 is 0 Å². The molecule has 0 amide bonds. The van der Waals surface area contributed by atoms with Gasteiger partial charge in [-0.1, -0.05) is 23.8 Å². The molecule has 0 saturated carbocycles. The number of tetrazole rings is 1. The van der Waals surface area contributed by atoms with Crippen LogP contribution in [0.25, 0.3) is 0 Å². The second-order valence-corrected chi connectivity index (χ2v) is 4.61. The van der Waals surface area contributed by atoms with E-state index in [1.54, 1.807) is 7.05 Å². The molecule has 1 N–H and O–H groups in total. The monoisotopic (exact) mass is 245 g/mol. The molecule has 0 radical (unpaired) electrons. The molecule has 2 rings (SSSR count). The van der Waals surface area contributed by atoms with Crippen LogP contribution in [-0.2, 0) is 7.05 Å². The van der Waals surface area contributed by atoms with Crippen molar-refractivity contribution in [2.75, 3.05) is 13.6 Å². The number of nitrogens with zero attached hydrogens (tertiary/aromatic N) is 4. The minimum atomic E-state index is 0.143. The highest BCUT2D eigenvalue weighted by Gasteiger charge is 2.20. The van der Waals surface area contributed by atoms with Crippen LogP contribution >= 0.6 is 0 Å². The molecule has 0 aliphatic heterocycles. The smallest absolute Gasteiger partial charge is 0.183 e. The number of hydrogen-bond acceptors (Lipinski definition) is 4. The molecule has 0 aliphatic rings. The van der Waals surface area contributed by atoms with E-state index < -0.39 is 0 Å². The molecule has 1 unspecified atom stereocenters. The minimum absolute atomic E-state index is 0.143. The van der Waals surface area contributed by atoms with Gasteiger partial charge in [-0.05, 0) is 37.2 Å². The SMILES string of the molecule is CNCC(c1nnn(C)n1)c1ccc(C)cc1C. The fourth-order valence-corrected chi connectivity index (χ4v) is 2.20. The van der Waals surface area contributed by atoms with E-state index in [0.29, 0.717) is 0 Å². The molecule has 0 saturated heterocycles. The lowest BCUT2D eigenvalue weighted by atomic mass is 9.93. The Morgan fingerprint density at radius 1 is 1.33 bits per heavy atom. The predicted octanol–water partition coefficient (Wildman–Crippen LogP) is 1.18. The second-order valence-electron chi connectivity index (χ2n) is 4.61. The summed E-state index contributed by atoms with van der Waals surface area (Å²) >= 11 is 0. The van der Waals surface area contributed by atoms with Crippen molar-refractivity contribution in [1.82, 2.24) is 25.5 Å². The molecule has 1 heterocycles. The van der Waals surface area contributed by atoms with E-state index >= 15 is 0 Å². The van der Waals surface area contributed by atoms with Gasteiger partial charge in [0.2, 0.25) is 0 Å². The van der Waals surface area contributed by atoms with E-state index in [2.05, 4.69) is 52.8 Å². The van der Waals surface area contributed by atoms with Gasteiger partial charge in [0.05, 0.1) is 13.0 Å². The first-order chi connectivity index (χ1) is 8.61. The summed E-state index contributed by atoms with van der Waals surface area (Å²) in [6, 6.07) is 6.47. The summed E-state index contributed by atoms with van der Waals surface area (Å²) in [5, 5.41) is 15.6. The first kappa shape index (κ1) is 12.7. The lowest BCUT2D eigenvalue weighted by Crippen LogP contribution is -2.20. The number of aryl methyl sites for hydroxylation is 3. The van der Waals surface area contributed by atoms with Gasteiger partial charge >= 0.3 is 0 Å². The van der Waals surface area contributed by atoms with Gasteiger partial charge in [-0.25, -0.2) is 0 Å². The number of hydrogen-bond donors (Lipinski definition) is 1. The maximum Gasteiger partial charge on any atom is 0.183 e. The number of benzene rings is 1. The summed E-state index contributed by atoms with van der Waals surface area (Å²) in [6.45, 7) is 5.03. The number of nitrogens with one attached hydrogen (secondary N) is 1. The fourth-order valence-electron chi connectivity index (χ4n) is 2.20. The van der Waals surface area contributed by atoms with E-state index in [0.717, 1.165) is 12.4 Å². The van der Waals surface area contributed by atoms with Crippen LogP contribution in [0.2, 0.25) is 0 Å². The van der Waals surface area contributed by atoms with Crippen LogP contribution in [0.4, 0.5) is 0 Å². The molecule has 18 heavy (non-hydrogen) atoms. The first-order valence-corrected chi connectivity index (χ1v) is 6.07. The Hall–Kier alpha value is -1.75. The van der Waals surface area contributed by atoms with Crippen molar-refractivity contribution < 1.29 is 0 Å². The quantitative estimate of drug-likeness (QED) is 0.878. The lowest BCUT2D eigenvalue weighted by Gasteiger charge is -2.16.